The molecule has 1 aromatic rings. The Kier molecular flexibility index (Phi) is 3.44. The molecular weight excluding hydrogens is 268 g/mol. The van der Waals surface area contributed by atoms with Gasteiger partial charge in [0.1, 0.15) is 4.21 Å². The molecule has 0 aliphatic heterocycles. The second-order valence-corrected chi connectivity index (χ2v) is 8.20. The van der Waals surface area contributed by atoms with Gasteiger partial charge >= 0.3 is 0 Å². The van der Waals surface area contributed by atoms with Crippen LogP contribution in [0.2, 0.25) is 0 Å². The minimum Gasteiger partial charge on any atom is -0.314 e. The van der Waals surface area contributed by atoms with E-state index in [1.165, 1.54) is 24.2 Å². The summed E-state index contributed by atoms with van der Waals surface area (Å²) in [6.07, 6.45) is 5.44. The maximum Gasteiger partial charge on any atom is 0.250 e. The van der Waals surface area contributed by atoms with E-state index in [9.17, 15) is 8.42 Å². The van der Waals surface area contributed by atoms with E-state index in [1.54, 1.807) is 6.07 Å². The Morgan fingerprint density at radius 2 is 1.89 bits per heavy atom. The van der Waals surface area contributed by atoms with Crippen molar-refractivity contribution in [1.82, 2.24) is 10.0 Å². The van der Waals surface area contributed by atoms with Crippen LogP contribution in [0.15, 0.2) is 16.3 Å². The van der Waals surface area contributed by atoms with Gasteiger partial charge in [-0.25, -0.2) is 13.1 Å². The molecule has 0 amide bonds. The summed E-state index contributed by atoms with van der Waals surface area (Å²) in [7, 11) is -3.26. The molecule has 1 aromatic heterocycles. The molecule has 18 heavy (non-hydrogen) atoms. The first-order valence-electron chi connectivity index (χ1n) is 6.48. The molecule has 6 heteroatoms. The summed E-state index contributed by atoms with van der Waals surface area (Å²) in [5, 5.41) is 3.44. The van der Waals surface area contributed by atoms with Crippen LogP contribution >= 0.6 is 11.3 Å². The lowest BCUT2D eigenvalue weighted by Gasteiger charge is -2.02. The molecule has 3 rings (SSSR count). The zero-order valence-electron chi connectivity index (χ0n) is 10.2. The summed E-state index contributed by atoms with van der Waals surface area (Å²) in [6, 6.07) is 4.55. The Hall–Kier alpha value is -0.430. The van der Waals surface area contributed by atoms with Crippen LogP contribution in [0.3, 0.4) is 0 Å². The molecule has 0 atom stereocenters. The molecule has 2 aliphatic rings. The molecule has 2 aliphatic carbocycles. The molecule has 0 radical (unpaired) electrons. The number of hydrogen-bond acceptors (Lipinski definition) is 4. The normalized spacial score (nSPS) is 20.2. The van der Waals surface area contributed by atoms with Crippen LogP contribution in [0, 0.1) is 0 Å². The number of sulfonamides is 1. The van der Waals surface area contributed by atoms with Crippen molar-refractivity contribution < 1.29 is 8.42 Å². The molecule has 2 saturated carbocycles. The minimum atomic E-state index is -3.26. The lowest BCUT2D eigenvalue weighted by atomic mass is 10.3. The third-order valence-corrected chi connectivity index (χ3v) is 6.34. The van der Waals surface area contributed by atoms with Gasteiger partial charge in [0.05, 0.1) is 0 Å². The molecule has 0 unspecified atom stereocenters. The number of hydrogen-bond donors (Lipinski definition) is 2. The third-order valence-electron chi connectivity index (χ3n) is 3.18. The van der Waals surface area contributed by atoms with E-state index < -0.39 is 10.0 Å². The summed E-state index contributed by atoms with van der Waals surface area (Å²) in [5.41, 5.74) is 0. The van der Waals surface area contributed by atoms with Crippen LogP contribution in [-0.2, 0) is 16.4 Å². The van der Waals surface area contributed by atoms with Gasteiger partial charge in [-0.3, -0.25) is 0 Å². The first kappa shape index (κ1) is 12.6. The molecule has 2 fully saturated rings. The zero-order chi connectivity index (χ0) is 12.6. The number of nitrogens with one attached hydrogen (secondary N) is 2. The lowest BCUT2D eigenvalue weighted by Crippen LogP contribution is -2.24. The Balaban J connectivity index is 1.57. The highest BCUT2D eigenvalue weighted by Gasteiger charge is 2.28. The number of thiophene rings is 1. The SMILES string of the molecule is O=S(=O)(NC1CC1)c1ccc(CCNC2CC2)s1. The van der Waals surface area contributed by atoms with Crippen molar-refractivity contribution in [2.75, 3.05) is 6.54 Å². The summed E-state index contributed by atoms with van der Waals surface area (Å²) in [4.78, 5) is 1.14. The van der Waals surface area contributed by atoms with Gasteiger partial charge in [-0.1, -0.05) is 0 Å². The van der Waals surface area contributed by atoms with Crippen molar-refractivity contribution in [3.8, 4) is 0 Å². The lowest BCUT2D eigenvalue weighted by molar-refractivity contribution is 0.583. The second kappa shape index (κ2) is 4.92. The van der Waals surface area contributed by atoms with E-state index in [0.29, 0.717) is 10.3 Å². The largest absolute Gasteiger partial charge is 0.314 e. The molecule has 1 heterocycles. The van der Waals surface area contributed by atoms with Gasteiger partial charge in [0.25, 0.3) is 0 Å². The molecule has 4 nitrogen and oxygen atoms in total. The van der Waals surface area contributed by atoms with E-state index in [1.807, 2.05) is 6.07 Å². The maximum absolute atomic E-state index is 12.0. The van der Waals surface area contributed by atoms with E-state index in [4.69, 9.17) is 0 Å². The van der Waals surface area contributed by atoms with Crippen LogP contribution in [0.5, 0.6) is 0 Å². The number of rotatable bonds is 7. The Morgan fingerprint density at radius 1 is 1.17 bits per heavy atom. The van der Waals surface area contributed by atoms with Crippen LogP contribution < -0.4 is 10.0 Å². The monoisotopic (exact) mass is 286 g/mol. The van der Waals surface area contributed by atoms with E-state index in [-0.39, 0.29) is 6.04 Å². The first-order valence-corrected chi connectivity index (χ1v) is 8.78. The summed E-state index contributed by atoms with van der Waals surface area (Å²) >= 11 is 1.39. The molecule has 2 N–H and O–H groups in total. The zero-order valence-corrected chi connectivity index (χ0v) is 11.8. The topological polar surface area (TPSA) is 58.2 Å². The average molecular weight is 286 g/mol. The van der Waals surface area contributed by atoms with Crippen molar-refractivity contribution in [2.24, 2.45) is 0 Å². The summed E-state index contributed by atoms with van der Waals surface area (Å²) in [5.74, 6) is 0. The second-order valence-electron chi connectivity index (χ2n) is 5.09. The minimum absolute atomic E-state index is 0.178. The van der Waals surface area contributed by atoms with Crippen molar-refractivity contribution in [1.29, 1.82) is 0 Å². The third kappa shape index (κ3) is 3.32. The first-order chi connectivity index (χ1) is 8.63. The maximum atomic E-state index is 12.0. The summed E-state index contributed by atoms with van der Waals surface area (Å²) < 4.78 is 27.1. The fraction of sp³-hybridized carbons (Fsp3) is 0.667. The molecule has 100 valence electrons. The molecule has 0 saturated heterocycles. The highest BCUT2D eigenvalue weighted by Crippen LogP contribution is 2.26. The van der Waals surface area contributed by atoms with Gasteiger partial charge in [-0.2, -0.15) is 0 Å². The van der Waals surface area contributed by atoms with Gasteiger partial charge in [0.2, 0.25) is 10.0 Å². The highest BCUT2D eigenvalue weighted by molar-refractivity contribution is 7.91. The average Bonchev–Trinajstić information content (AvgIpc) is 3.21. The molecular formula is C12H18N2O2S2. The molecule has 0 spiro atoms. The quantitative estimate of drug-likeness (QED) is 0.798. The summed E-state index contributed by atoms with van der Waals surface area (Å²) in [6.45, 7) is 0.945. The van der Waals surface area contributed by atoms with Crippen molar-refractivity contribution >= 4 is 21.4 Å². The Labute approximate surface area is 112 Å². The fourth-order valence-corrected chi connectivity index (χ4v) is 4.48. The van der Waals surface area contributed by atoms with E-state index in [2.05, 4.69) is 10.0 Å². The van der Waals surface area contributed by atoms with Crippen LogP contribution in [-0.4, -0.2) is 27.0 Å². The van der Waals surface area contributed by atoms with E-state index >= 15 is 0 Å². The standard InChI is InChI=1S/C12H18N2O2S2/c15-18(16,14-10-3-4-10)12-6-5-11(17-12)7-8-13-9-1-2-9/h5-6,9-10,13-14H,1-4,7-8H2. The van der Waals surface area contributed by atoms with Crippen molar-refractivity contribution in [3.63, 3.8) is 0 Å². The van der Waals surface area contributed by atoms with Gasteiger partial charge in [-0.15, -0.1) is 11.3 Å². The predicted octanol–water partition coefficient (Wildman–Crippen LogP) is 1.48. The Morgan fingerprint density at radius 3 is 2.56 bits per heavy atom. The van der Waals surface area contributed by atoms with Crippen LogP contribution in [0.25, 0.3) is 0 Å². The fourth-order valence-electron chi connectivity index (χ4n) is 1.80. The van der Waals surface area contributed by atoms with Crippen molar-refractivity contribution in [3.05, 3.63) is 17.0 Å². The molecule has 0 aromatic carbocycles. The van der Waals surface area contributed by atoms with Gasteiger partial charge in [0, 0.05) is 23.5 Å². The van der Waals surface area contributed by atoms with Crippen LogP contribution in [0.4, 0.5) is 0 Å². The van der Waals surface area contributed by atoms with E-state index in [0.717, 1.165) is 30.7 Å². The van der Waals surface area contributed by atoms with Gasteiger partial charge < -0.3 is 5.32 Å². The van der Waals surface area contributed by atoms with Gasteiger partial charge in [-0.05, 0) is 44.2 Å². The Bertz CT molecular complexity index is 516. The van der Waals surface area contributed by atoms with Crippen LogP contribution in [0.1, 0.15) is 30.6 Å². The van der Waals surface area contributed by atoms with Crippen molar-refractivity contribution in [2.45, 2.75) is 48.4 Å². The smallest absolute Gasteiger partial charge is 0.250 e. The van der Waals surface area contributed by atoms with Gasteiger partial charge in [0.15, 0.2) is 0 Å². The predicted molar refractivity (Wildman–Crippen MR) is 72.4 cm³/mol. The molecule has 0 bridgehead atoms. The highest BCUT2D eigenvalue weighted by atomic mass is 32.2.